The lowest BCUT2D eigenvalue weighted by molar-refractivity contribution is -0.117. The van der Waals surface area contributed by atoms with Crippen molar-refractivity contribution in [2.24, 2.45) is 0 Å². The molecule has 2 amide bonds. The molecule has 0 saturated carbocycles. The number of carbonyl (C=O) groups is 3. The molecule has 1 N–H and O–H groups in total. The Morgan fingerprint density at radius 2 is 1.69 bits per heavy atom. The Morgan fingerprint density at radius 3 is 2.27 bits per heavy atom. The van der Waals surface area contributed by atoms with Crippen molar-refractivity contribution >= 4 is 23.5 Å². The van der Waals surface area contributed by atoms with Gasteiger partial charge in [-0.05, 0) is 48.4 Å². The standard InChI is InChI=1S/C20H20N2O4/c1-26-20(25)16-6-4-14(5-7-16)13-21-19(24)15-8-10-17(11-9-15)22-12-2-3-18(22)23/h4-11H,2-3,12-13H2,1H3,(H,21,24). The van der Waals surface area contributed by atoms with Gasteiger partial charge in [0.2, 0.25) is 5.91 Å². The topological polar surface area (TPSA) is 75.7 Å². The first kappa shape index (κ1) is 17.7. The van der Waals surface area contributed by atoms with Crippen molar-refractivity contribution in [3.8, 4) is 0 Å². The van der Waals surface area contributed by atoms with Crippen molar-refractivity contribution in [2.75, 3.05) is 18.6 Å². The van der Waals surface area contributed by atoms with Crippen LogP contribution in [0.2, 0.25) is 0 Å². The average Bonchev–Trinajstić information content (AvgIpc) is 3.12. The van der Waals surface area contributed by atoms with E-state index in [0.717, 1.165) is 24.2 Å². The maximum absolute atomic E-state index is 12.3. The summed E-state index contributed by atoms with van der Waals surface area (Å²) in [6.07, 6.45) is 1.45. The largest absolute Gasteiger partial charge is 0.465 e. The third kappa shape index (κ3) is 3.91. The van der Waals surface area contributed by atoms with E-state index in [0.29, 0.717) is 24.1 Å². The predicted molar refractivity (Wildman–Crippen MR) is 97.0 cm³/mol. The van der Waals surface area contributed by atoms with Gasteiger partial charge in [0, 0.05) is 30.8 Å². The molecule has 3 rings (SSSR count). The second kappa shape index (κ2) is 7.82. The fourth-order valence-electron chi connectivity index (χ4n) is 2.87. The number of nitrogens with zero attached hydrogens (tertiary/aromatic N) is 1. The number of hydrogen-bond acceptors (Lipinski definition) is 4. The molecule has 134 valence electrons. The van der Waals surface area contributed by atoms with Crippen LogP contribution in [0.15, 0.2) is 48.5 Å². The Hall–Kier alpha value is -3.15. The van der Waals surface area contributed by atoms with E-state index in [-0.39, 0.29) is 11.8 Å². The number of methoxy groups -OCH3 is 1. The second-order valence-corrected chi connectivity index (χ2v) is 6.07. The van der Waals surface area contributed by atoms with E-state index in [1.807, 2.05) is 0 Å². The third-order valence-corrected chi connectivity index (χ3v) is 4.34. The van der Waals surface area contributed by atoms with Gasteiger partial charge in [0.25, 0.3) is 5.91 Å². The highest BCUT2D eigenvalue weighted by Gasteiger charge is 2.21. The van der Waals surface area contributed by atoms with Crippen LogP contribution in [0.3, 0.4) is 0 Å². The summed E-state index contributed by atoms with van der Waals surface area (Å²) in [6, 6.07) is 13.9. The Labute approximate surface area is 151 Å². The minimum atomic E-state index is -0.392. The normalized spacial score (nSPS) is 13.6. The molecule has 0 radical (unpaired) electrons. The summed E-state index contributed by atoms with van der Waals surface area (Å²) < 4.78 is 4.65. The zero-order valence-electron chi connectivity index (χ0n) is 14.5. The van der Waals surface area contributed by atoms with E-state index >= 15 is 0 Å². The molecule has 0 atom stereocenters. The van der Waals surface area contributed by atoms with Crippen molar-refractivity contribution < 1.29 is 19.1 Å². The number of amides is 2. The lowest BCUT2D eigenvalue weighted by Gasteiger charge is -2.15. The quantitative estimate of drug-likeness (QED) is 0.839. The Balaban J connectivity index is 1.58. The maximum atomic E-state index is 12.3. The molecule has 6 nitrogen and oxygen atoms in total. The van der Waals surface area contributed by atoms with Crippen LogP contribution in [-0.4, -0.2) is 31.4 Å². The molecule has 0 spiro atoms. The molecular formula is C20H20N2O4. The van der Waals surface area contributed by atoms with Crippen molar-refractivity contribution in [3.05, 3.63) is 65.2 Å². The minimum absolute atomic E-state index is 0.123. The highest BCUT2D eigenvalue weighted by Crippen LogP contribution is 2.21. The van der Waals surface area contributed by atoms with Crippen LogP contribution in [0.1, 0.15) is 39.1 Å². The Morgan fingerprint density at radius 1 is 1.04 bits per heavy atom. The van der Waals surface area contributed by atoms with Crippen molar-refractivity contribution in [1.82, 2.24) is 5.32 Å². The number of anilines is 1. The fraction of sp³-hybridized carbons (Fsp3) is 0.250. The molecule has 1 heterocycles. The fourth-order valence-corrected chi connectivity index (χ4v) is 2.87. The smallest absolute Gasteiger partial charge is 0.337 e. The van der Waals surface area contributed by atoms with Gasteiger partial charge >= 0.3 is 5.97 Å². The van der Waals surface area contributed by atoms with Crippen molar-refractivity contribution in [1.29, 1.82) is 0 Å². The summed E-state index contributed by atoms with van der Waals surface area (Å²) in [6.45, 7) is 1.08. The van der Waals surface area contributed by atoms with Crippen LogP contribution in [0.4, 0.5) is 5.69 Å². The molecule has 0 unspecified atom stereocenters. The van der Waals surface area contributed by atoms with Gasteiger partial charge in [-0.1, -0.05) is 12.1 Å². The maximum Gasteiger partial charge on any atom is 0.337 e. The van der Waals surface area contributed by atoms with E-state index in [4.69, 9.17) is 0 Å². The highest BCUT2D eigenvalue weighted by atomic mass is 16.5. The van der Waals surface area contributed by atoms with Crippen LogP contribution in [0.5, 0.6) is 0 Å². The van der Waals surface area contributed by atoms with Crippen LogP contribution in [-0.2, 0) is 16.1 Å². The number of benzene rings is 2. The number of rotatable bonds is 5. The van der Waals surface area contributed by atoms with Crippen LogP contribution < -0.4 is 10.2 Å². The average molecular weight is 352 g/mol. The van der Waals surface area contributed by atoms with Crippen LogP contribution in [0, 0.1) is 0 Å². The third-order valence-electron chi connectivity index (χ3n) is 4.34. The Bertz CT molecular complexity index is 813. The first-order valence-corrected chi connectivity index (χ1v) is 8.44. The molecule has 0 aromatic heterocycles. The molecule has 1 saturated heterocycles. The Kier molecular flexibility index (Phi) is 5.31. The molecular weight excluding hydrogens is 332 g/mol. The SMILES string of the molecule is COC(=O)c1ccc(CNC(=O)c2ccc(N3CCCC3=O)cc2)cc1. The van der Waals surface area contributed by atoms with Crippen LogP contribution in [0.25, 0.3) is 0 Å². The van der Waals surface area contributed by atoms with Gasteiger partial charge in [0.15, 0.2) is 0 Å². The minimum Gasteiger partial charge on any atom is -0.465 e. The van der Waals surface area contributed by atoms with Gasteiger partial charge in [0.1, 0.15) is 0 Å². The van der Waals surface area contributed by atoms with E-state index in [9.17, 15) is 14.4 Å². The lowest BCUT2D eigenvalue weighted by Crippen LogP contribution is -2.25. The number of carbonyl (C=O) groups excluding carboxylic acids is 3. The zero-order valence-corrected chi connectivity index (χ0v) is 14.5. The van der Waals surface area contributed by atoms with E-state index in [2.05, 4.69) is 10.1 Å². The highest BCUT2D eigenvalue weighted by molar-refractivity contribution is 5.97. The molecule has 2 aromatic rings. The number of nitrogens with one attached hydrogen (secondary N) is 1. The van der Waals surface area contributed by atoms with E-state index < -0.39 is 5.97 Å². The first-order valence-electron chi connectivity index (χ1n) is 8.44. The summed E-state index contributed by atoms with van der Waals surface area (Å²) in [5, 5.41) is 2.84. The van der Waals surface area contributed by atoms with Gasteiger partial charge in [-0.25, -0.2) is 4.79 Å². The van der Waals surface area contributed by atoms with Gasteiger partial charge in [0.05, 0.1) is 12.7 Å². The van der Waals surface area contributed by atoms with Gasteiger partial charge in [-0.3, -0.25) is 9.59 Å². The first-order chi connectivity index (χ1) is 12.6. The molecule has 1 aliphatic rings. The second-order valence-electron chi connectivity index (χ2n) is 6.07. The summed E-state index contributed by atoms with van der Waals surface area (Å²) in [5.74, 6) is -0.462. The molecule has 6 heteroatoms. The van der Waals surface area contributed by atoms with Gasteiger partial charge < -0.3 is 15.0 Å². The molecule has 1 aliphatic heterocycles. The molecule has 1 fully saturated rings. The number of esters is 1. The van der Waals surface area contributed by atoms with Crippen molar-refractivity contribution in [2.45, 2.75) is 19.4 Å². The summed E-state index contributed by atoms with van der Waals surface area (Å²) in [5.41, 5.74) is 2.70. The van der Waals surface area contributed by atoms with Crippen molar-refractivity contribution in [3.63, 3.8) is 0 Å². The number of ether oxygens (including phenoxy) is 1. The molecule has 2 aromatic carbocycles. The number of hydrogen-bond donors (Lipinski definition) is 1. The molecule has 0 bridgehead atoms. The summed E-state index contributed by atoms with van der Waals surface area (Å²) >= 11 is 0. The summed E-state index contributed by atoms with van der Waals surface area (Å²) in [4.78, 5) is 37.2. The molecule has 26 heavy (non-hydrogen) atoms. The zero-order chi connectivity index (χ0) is 18.5. The van der Waals surface area contributed by atoms with E-state index in [1.54, 1.807) is 53.4 Å². The summed E-state index contributed by atoms with van der Waals surface area (Å²) in [7, 11) is 1.33. The van der Waals surface area contributed by atoms with E-state index in [1.165, 1.54) is 7.11 Å². The molecule has 0 aliphatic carbocycles. The monoisotopic (exact) mass is 352 g/mol. The van der Waals surface area contributed by atoms with Crippen LogP contribution >= 0.6 is 0 Å². The predicted octanol–water partition coefficient (Wildman–Crippen LogP) is 2.53. The van der Waals surface area contributed by atoms with Gasteiger partial charge in [-0.2, -0.15) is 0 Å². The van der Waals surface area contributed by atoms with Gasteiger partial charge in [-0.15, -0.1) is 0 Å². The lowest BCUT2D eigenvalue weighted by atomic mass is 10.1.